The highest BCUT2D eigenvalue weighted by atomic mass is 19.1. The van der Waals surface area contributed by atoms with Crippen LogP contribution in [0.5, 0.6) is 11.5 Å². The van der Waals surface area contributed by atoms with Gasteiger partial charge in [0.1, 0.15) is 11.3 Å². The molecule has 2 aromatic carbocycles. The van der Waals surface area contributed by atoms with E-state index in [-0.39, 0.29) is 29.0 Å². The maximum atomic E-state index is 14.0. The molecular formula is C29H31FN6O3. The summed E-state index contributed by atoms with van der Waals surface area (Å²) in [7, 11) is 3.90. The first-order valence-corrected chi connectivity index (χ1v) is 12.8. The van der Waals surface area contributed by atoms with Gasteiger partial charge in [0.15, 0.2) is 17.4 Å². The Kier molecular flexibility index (Phi) is 7.47. The number of halogens is 1. The van der Waals surface area contributed by atoms with E-state index in [2.05, 4.69) is 10.2 Å². The Labute approximate surface area is 225 Å². The number of H-pyrrole nitrogens is 1. The van der Waals surface area contributed by atoms with Gasteiger partial charge in [-0.1, -0.05) is 18.2 Å². The van der Waals surface area contributed by atoms with Gasteiger partial charge in [-0.25, -0.2) is 9.49 Å². The molecule has 1 unspecified atom stereocenters. The molecular weight excluding hydrogens is 499 g/mol. The SMILES string of the molecule is CN(C)CC=CC(=O)N1CCCC(c2cn(-c3ccc(Oc4ccccc4F)cc3)c3c(N)n[nH]c(=O)c23)C1. The fourth-order valence-corrected chi connectivity index (χ4v) is 4.98. The van der Waals surface area contributed by atoms with Gasteiger partial charge in [-0.3, -0.25) is 9.59 Å². The molecule has 1 amide bonds. The molecule has 1 saturated heterocycles. The number of benzene rings is 2. The number of rotatable bonds is 7. The molecule has 202 valence electrons. The van der Waals surface area contributed by atoms with Crippen LogP contribution < -0.4 is 16.0 Å². The molecule has 0 saturated carbocycles. The summed E-state index contributed by atoms with van der Waals surface area (Å²) in [4.78, 5) is 29.7. The number of hydrogen-bond donors (Lipinski definition) is 2. The number of ether oxygens (including phenoxy) is 1. The van der Waals surface area contributed by atoms with Crippen molar-refractivity contribution < 1.29 is 13.9 Å². The number of nitrogens with zero attached hydrogens (tertiary/aromatic N) is 4. The number of likely N-dealkylation sites (tertiary alicyclic amines) is 1. The van der Waals surface area contributed by atoms with Crippen LogP contribution in [-0.2, 0) is 4.79 Å². The first-order valence-electron chi connectivity index (χ1n) is 12.8. The van der Waals surface area contributed by atoms with Crippen molar-refractivity contribution in [2.24, 2.45) is 0 Å². The van der Waals surface area contributed by atoms with Crippen LogP contribution in [0.3, 0.4) is 0 Å². The molecule has 0 aliphatic carbocycles. The van der Waals surface area contributed by atoms with Gasteiger partial charge in [0, 0.05) is 43.5 Å². The number of likely N-dealkylation sites (N-methyl/N-ethyl adjacent to an activating group) is 1. The number of carbonyl (C=O) groups excluding carboxylic acids is 1. The monoisotopic (exact) mass is 530 g/mol. The molecule has 3 N–H and O–H groups in total. The van der Waals surface area contributed by atoms with Gasteiger partial charge in [-0.15, -0.1) is 0 Å². The normalized spacial score (nSPS) is 15.9. The topological polar surface area (TPSA) is 109 Å². The van der Waals surface area contributed by atoms with E-state index in [4.69, 9.17) is 10.5 Å². The van der Waals surface area contributed by atoms with Crippen LogP contribution in [-0.4, -0.2) is 64.2 Å². The maximum Gasteiger partial charge on any atom is 0.274 e. The zero-order chi connectivity index (χ0) is 27.5. The number of hydrogen-bond acceptors (Lipinski definition) is 6. The summed E-state index contributed by atoms with van der Waals surface area (Å²) in [5.41, 5.74) is 8.00. The Morgan fingerprint density at radius 1 is 1.23 bits per heavy atom. The molecule has 9 nitrogen and oxygen atoms in total. The smallest absolute Gasteiger partial charge is 0.274 e. The minimum Gasteiger partial charge on any atom is -0.454 e. The highest BCUT2D eigenvalue weighted by Crippen LogP contribution is 2.35. The molecule has 0 spiro atoms. The van der Waals surface area contributed by atoms with Gasteiger partial charge in [0.2, 0.25) is 5.91 Å². The third kappa shape index (κ3) is 5.56. The number of nitrogen functional groups attached to an aromatic ring is 1. The third-order valence-corrected chi connectivity index (χ3v) is 6.87. The van der Waals surface area contributed by atoms with E-state index in [0.717, 1.165) is 24.1 Å². The molecule has 10 heteroatoms. The molecule has 4 aromatic rings. The van der Waals surface area contributed by atoms with Crippen molar-refractivity contribution in [3.05, 3.63) is 88.6 Å². The summed E-state index contributed by atoms with van der Waals surface area (Å²) < 4.78 is 21.5. The van der Waals surface area contributed by atoms with Crippen LogP contribution in [0.25, 0.3) is 16.6 Å². The average Bonchev–Trinajstić information content (AvgIpc) is 3.34. The Bertz CT molecular complexity index is 1570. The van der Waals surface area contributed by atoms with E-state index in [0.29, 0.717) is 36.3 Å². The number of aromatic amines is 1. The standard InChI is InChI=1S/C29H31FN6O3/c1-34(2)15-6-10-25(37)35-16-5-7-19(17-35)22-18-36(27-26(22)29(38)33-32-28(27)31)20-11-13-21(14-12-20)39-24-9-4-3-8-23(24)30/h3-4,6,8-14,18-19H,5,7,15-17H2,1-2H3,(H2,31,32)(H,33,38). The van der Waals surface area contributed by atoms with E-state index in [1.165, 1.54) is 6.07 Å². The van der Waals surface area contributed by atoms with E-state index >= 15 is 0 Å². The fourth-order valence-electron chi connectivity index (χ4n) is 4.98. The lowest BCUT2D eigenvalue weighted by atomic mass is 9.90. The minimum atomic E-state index is -0.450. The molecule has 5 rings (SSSR count). The van der Waals surface area contributed by atoms with Gasteiger partial charge in [-0.2, -0.15) is 5.10 Å². The summed E-state index contributed by atoms with van der Waals surface area (Å²) in [5, 5.41) is 6.98. The molecule has 0 bridgehead atoms. The number of anilines is 1. The van der Waals surface area contributed by atoms with Crippen molar-refractivity contribution in [2.45, 2.75) is 18.8 Å². The second kappa shape index (κ2) is 11.1. The molecule has 1 fully saturated rings. The first kappa shape index (κ1) is 26.2. The van der Waals surface area contributed by atoms with Gasteiger partial charge >= 0.3 is 0 Å². The first-order chi connectivity index (χ1) is 18.8. The number of fused-ring (bicyclic) bond motifs is 1. The Hall–Kier alpha value is -4.44. The van der Waals surface area contributed by atoms with Crippen molar-refractivity contribution in [3.8, 4) is 17.2 Å². The van der Waals surface area contributed by atoms with E-state index < -0.39 is 5.82 Å². The number of aromatic nitrogens is 3. The minimum absolute atomic E-state index is 0.0363. The van der Waals surface area contributed by atoms with Crippen LogP contribution in [0.4, 0.5) is 10.2 Å². The number of carbonyl (C=O) groups is 1. The summed E-state index contributed by atoms with van der Waals surface area (Å²) >= 11 is 0. The molecule has 39 heavy (non-hydrogen) atoms. The highest BCUT2D eigenvalue weighted by Gasteiger charge is 2.28. The lowest BCUT2D eigenvalue weighted by Gasteiger charge is -2.32. The number of piperidine rings is 1. The van der Waals surface area contributed by atoms with Gasteiger partial charge < -0.3 is 24.8 Å². The van der Waals surface area contributed by atoms with Crippen LogP contribution in [0.15, 0.2) is 71.7 Å². The Balaban J connectivity index is 1.46. The van der Waals surface area contributed by atoms with E-state index in [9.17, 15) is 14.0 Å². The van der Waals surface area contributed by atoms with Crippen molar-refractivity contribution >= 4 is 22.6 Å². The van der Waals surface area contributed by atoms with E-state index in [1.807, 2.05) is 52.9 Å². The second-order valence-electron chi connectivity index (χ2n) is 9.93. The summed E-state index contributed by atoms with van der Waals surface area (Å²) in [6.07, 6.45) is 7.04. The lowest BCUT2D eigenvalue weighted by molar-refractivity contribution is -0.127. The molecule has 1 aliphatic heterocycles. The van der Waals surface area contributed by atoms with Crippen LogP contribution in [0, 0.1) is 5.82 Å². The highest BCUT2D eigenvalue weighted by molar-refractivity contribution is 5.92. The van der Waals surface area contributed by atoms with Gasteiger partial charge in [0.05, 0.1) is 5.39 Å². The molecule has 1 atom stereocenters. The van der Waals surface area contributed by atoms with Crippen molar-refractivity contribution in [1.82, 2.24) is 24.6 Å². The molecule has 2 aromatic heterocycles. The summed E-state index contributed by atoms with van der Waals surface area (Å²) in [6.45, 7) is 1.85. The van der Waals surface area contributed by atoms with Crippen molar-refractivity contribution in [1.29, 1.82) is 0 Å². The van der Waals surface area contributed by atoms with Crippen LogP contribution in [0.2, 0.25) is 0 Å². The number of nitrogens with one attached hydrogen (secondary N) is 1. The van der Waals surface area contributed by atoms with Crippen LogP contribution >= 0.6 is 0 Å². The molecule has 0 radical (unpaired) electrons. The Morgan fingerprint density at radius 2 is 2.00 bits per heavy atom. The number of nitrogens with two attached hydrogens (primary N) is 1. The van der Waals surface area contributed by atoms with Crippen LogP contribution in [0.1, 0.15) is 24.3 Å². The molecule has 1 aliphatic rings. The molecule has 3 heterocycles. The Morgan fingerprint density at radius 3 is 2.74 bits per heavy atom. The predicted molar refractivity (Wildman–Crippen MR) is 149 cm³/mol. The van der Waals surface area contributed by atoms with Crippen molar-refractivity contribution in [2.75, 3.05) is 39.5 Å². The summed E-state index contributed by atoms with van der Waals surface area (Å²) in [6, 6.07) is 13.3. The third-order valence-electron chi connectivity index (χ3n) is 6.87. The van der Waals surface area contributed by atoms with Crippen molar-refractivity contribution in [3.63, 3.8) is 0 Å². The second-order valence-corrected chi connectivity index (χ2v) is 9.93. The quantitative estimate of drug-likeness (QED) is 0.349. The number of amides is 1. The predicted octanol–water partition coefficient (Wildman–Crippen LogP) is 4.05. The summed E-state index contributed by atoms with van der Waals surface area (Å²) in [5.74, 6) is 0.262. The van der Waals surface area contributed by atoms with Gasteiger partial charge in [-0.05, 0) is 68.9 Å². The van der Waals surface area contributed by atoms with E-state index in [1.54, 1.807) is 36.4 Å². The fraction of sp³-hybridized carbons (Fsp3) is 0.276. The van der Waals surface area contributed by atoms with Gasteiger partial charge in [0.25, 0.3) is 5.56 Å². The number of para-hydroxylation sites is 1. The largest absolute Gasteiger partial charge is 0.454 e. The lowest BCUT2D eigenvalue weighted by Crippen LogP contribution is -2.38. The zero-order valence-electron chi connectivity index (χ0n) is 21.9. The average molecular weight is 531 g/mol. The maximum absolute atomic E-state index is 14.0. The zero-order valence-corrected chi connectivity index (χ0v) is 21.9.